The third-order valence-electron chi connectivity index (χ3n) is 4.49. The number of hydrogen-bond donors (Lipinski definition) is 1. The van der Waals surface area contributed by atoms with Crippen LogP contribution in [0.2, 0.25) is 0 Å². The van der Waals surface area contributed by atoms with E-state index >= 15 is 0 Å². The lowest BCUT2D eigenvalue weighted by molar-refractivity contribution is 0.0917. The fraction of sp³-hybridized carbons (Fsp3) is 0.200. The number of thioether (sulfide) groups is 1. The number of imidazole rings is 1. The number of aromatic nitrogens is 2. The van der Waals surface area contributed by atoms with E-state index in [0.717, 1.165) is 11.3 Å². The molecule has 138 valence electrons. The first-order chi connectivity index (χ1) is 13.2. The Hall–Kier alpha value is -2.80. The van der Waals surface area contributed by atoms with E-state index in [2.05, 4.69) is 10.3 Å². The molecule has 0 radical (unpaired) electrons. The van der Waals surface area contributed by atoms with Crippen LogP contribution in [-0.4, -0.2) is 28.3 Å². The van der Waals surface area contributed by atoms with Gasteiger partial charge in [0.25, 0.3) is 5.91 Å². The van der Waals surface area contributed by atoms with E-state index in [1.807, 2.05) is 30.5 Å². The zero-order chi connectivity index (χ0) is 18.8. The van der Waals surface area contributed by atoms with Gasteiger partial charge < -0.3 is 10.1 Å². The van der Waals surface area contributed by atoms with Gasteiger partial charge in [0, 0.05) is 17.7 Å². The predicted molar refractivity (Wildman–Crippen MR) is 102 cm³/mol. The molecule has 7 heteroatoms. The molecule has 5 nitrogen and oxygen atoms in total. The summed E-state index contributed by atoms with van der Waals surface area (Å²) in [6, 6.07) is 13.6. The fourth-order valence-corrected chi connectivity index (χ4v) is 3.75. The molecule has 2 aromatic carbocycles. The van der Waals surface area contributed by atoms with Crippen molar-refractivity contribution in [2.75, 3.05) is 12.9 Å². The summed E-state index contributed by atoms with van der Waals surface area (Å²) >= 11 is 1.43. The summed E-state index contributed by atoms with van der Waals surface area (Å²) in [6.07, 6.45) is 4.14. The van der Waals surface area contributed by atoms with Crippen molar-refractivity contribution in [2.24, 2.45) is 0 Å². The van der Waals surface area contributed by atoms with E-state index in [1.165, 1.54) is 23.9 Å². The number of carbonyl (C=O) groups excluding carboxylic acids is 1. The largest absolute Gasteiger partial charge is 0.493 e. The molecule has 0 saturated heterocycles. The molecule has 1 atom stereocenters. The molecule has 0 bridgehead atoms. The Kier molecular flexibility index (Phi) is 4.85. The van der Waals surface area contributed by atoms with Gasteiger partial charge in [0.2, 0.25) is 0 Å². The molecule has 1 aliphatic rings. The van der Waals surface area contributed by atoms with Gasteiger partial charge in [0.15, 0.2) is 5.16 Å². The van der Waals surface area contributed by atoms with Crippen molar-refractivity contribution in [3.05, 3.63) is 71.8 Å². The van der Waals surface area contributed by atoms with Gasteiger partial charge in [-0.1, -0.05) is 30.0 Å². The lowest BCUT2D eigenvalue weighted by Crippen LogP contribution is -2.33. The number of nitrogens with zero attached hydrogens (tertiary/aromatic N) is 2. The summed E-state index contributed by atoms with van der Waals surface area (Å²) in [5.41, 5.74) is 2.07. The van der Waals surface area contributed by atoms with Crippen LogP contribution in [0.5, 0.6) is 5.75 Å². The standard InChI is InChI=1S/C20H18FN3O2S/c1-27-20-22-12-17(24(20)14-8-6-13(21)7-9-14)19(25)23-16-10-11-26-18-5-3-2-4-15(16)18/h2-9,12,16H,10-11H2,1H3,(H,23,25). The molecule has 4 rings (SSSR count). The van der Waals surface area contributed by atoms with E-state index in [1.54, 1.807) is 22.9 Å². The number of benzene rings is 2. The second-order valence-corrected chi connectivity index (χ2v) is 6.92. The zero-order valence-electron chi connectivity index (χ0n) is 14.7. The Morgan fingerprint density at radius 3 is 2.81 bits per heavy atom. The highest BCUT2D eigenvalue weighted by Crippen LogP contribution is 2.32. The lowest BCUT2D eigenvalue weighted by Gasteiger charge is -2.26. The van der Waals surface area contributed by atoms with E-state index in [4.69, 9.17) is 4.74 Å². The predicted octanol–water partition coefficient (Wildman–Crippen LogP) is 3.99. The van der Waals surface area contributed by atoms with E-state index in [9.17, 15) is 9.18 Å². The monoisotopic (exact) mass is 383 g/mol. The quantitative estimate of drug-likeness (QED) is 0.692. The minimum absolute atomic E-state index is 0.128. The Labute approximate surface area is 160 Å². The van der Waals surface area contributed by atoms with Crippen LogP contribution in [0.1, 0.15) is 28.5 Å². The van der Waals surface area contributed by atoms with Crippen molar-refractivity contribution in [1.82, 2.24) is 14.9 Å². The number of hydrogen-bond acceptors (Lipinski definition) is 4. The molecular weight excluding hydrogens is 365 g/mol. The number of amides is 1. The highest BCUT2D eigenvalue weighted by molar-refractivity contribution is 7.98. The smallest absolute Gasteiger partial charge is 0.270 e. The summed E-state index contributed by atoms with van der Waals surface area (Å²) in [4.78, 5) is 17.4. The second kappa shape index (κ2) is 7.44. The van der Waals surface area contributed by atoms with E-state index in [0.29, 0.717) is 29.6 Å². The summed E-state index contributed by atoms with van der Waals surface area (Å²) in [6.45, 7) is 0.551. The van der Waals surface area contributed by atoms with Crippen LogP contribution in [0.4, 0.5) is 4.39 Å². The molecule has 0 fully saturated rings. The molecule has 1 unspecified atom stereocenters. The molecule has 1 aliphatic heterocycles. The average molecular weight is 383 g/mol. The Balaban J connectivity index is 1.65. The van der Waals surface area contributed by atoms with Gasteiger partial charge in [0.05, 0.1) is 18.8 Å². The van der Waals surface area contributed by atoms with Crippen LogP contribution in [-0.2, 0) is 0 Å². The molecule has 0 saturated carbocycles. The molecule has 1 N–H and O–H groups in total. The van der Waals surface area contributed by atoms with Gasteiger partial charge >= 0.3 is 0 Å². The average Bonchev–Trinajstić information content (AvgIpc) is 3.13. The van der Waals surface area contributed by atoms with Crippen molar-refractivity contribution in [1.29, 1.82) is 0 Å². The van der Waals surface area contributed by atoms with Crippen LogP contribution in [0.15, 0.2) is 59.9 Å². The highest BCUT2D eigenvalue weighted by atomic mass is 32.2. The summed E-state index contributed by atoms with van der Waals surface area (Å²) in [7, 11) is 0. The number of para-hydroxylation sites is 1. The number of nitrogens with one attached hydrogen (secondary N) is 1. The topological polar surface area (TPSA) is 56.1 Å². The van der Waals surface area contributed by atoms with E-state index < -0.39 is 0 Å². The summed E-state index contributed by atoms with van der Waals surface area (Å²) in [5.74, 6) is 0.245. The van der Waals surface area contributed by atoms with E-state index in [-0.39, 0.29) is 17.8 Å². The summed E-state index contributed by atoms with van der Waals surface area (Å²) in [5, 5.41) is 3.75. The first-order valence-corrected chi connectivity index (χ1v) is 9.80. The number of halogens is 1. The first-order valence-electron chi connectivity index (χ1n) is 8.57. The van der Waals surface area contributed by atoms with Crippen molar-refractivity contribution in [2.45, 2.75) is 17.6 Å². The maximum Gasteiger partial charge on any atom is 0.270 e. The Bertz CT molecular complexity index is 972. The van der Waals surface area contributed by atoms with Gasteiger partial charge in [-0.05, 0) is 36.6 Å². The fourth-order valence-electron chi connectivity index (χ4n) is 3.20. The van der Waals surface area contributed by atoms with Crippen LogP contribution in [0.25, 0.3) is 5.69 Å². The highest BCUT2D eigenvalue weighted by Gasteiger charge is 2.25. The van der Waals surface area contributed by atoms with Crippen LogP contribution in [0.3, 0.4) is 0 Å². The third kappa shape index (κ3) is 3.42. The molecule has 27 heavy (non-hydrogen) atoms. The maximum atomic E-state index is 13.3. The van der Waals surface area contributed by atoms with Gasteiger partial charge in [-0.15, -0.1) is 0 Å². The molecular formula is C20H18FN3O2S. The molecule has 2 heterocycles. The SMILES string of the molecule is CSc1ncc(C(=O)NC2CCOc3ccccc32)n1-c1ccc(F)cc1. The molecule has 3 aromatic rings. The van der Waals surface area contributed by atoms with Gasteiger partial charge in [-0.25, -0.2) is 9.37 Å². The minimum atomic E-state index is -0.325. The van der Waals surface area contributed by atoms with Gasteiger partial charge in [0.1, 0.15) is 17.3 Å². The molecule has 0 spiro atoms. The first kappa shape index (κ1) is 17.6. The number of carbonyl (C=O) groups is 1. The van der Waals surface area contributed by atoms with Crippen LogP contribution in [0, 0.1) is 5.82 Å². The Morgan fingerprint density at radius 2 is 2.04 bits per heavy atom. The maximum absolute atomic E-state index is 13.3. The number of fused-ring (bicyclic) bond motifs is 1. The minimum Gasteiger partial charge on any atom is -0.493 e. The van der Waals surface area contributed by atoms with Gasteiger partial charge in [-0.2, -0.15) is 0 Å². The Morgan fingerprint density at radius 1 is 1.26 bits per heavy atom. The van der Waals surface area contributed by atoms with Crippen molar-refractivity contribution in [3.8, 4) is 11.4 Å². The number of rotatable bonds is 4. The molecule has 1 amide bonds. The molecule has 1 aromatic heterocycles. The number of ether oxygens (including phenoxy) is 1. The third-order valence-corrected chi connectivity index (χ3v) is 5.15. The molecule has 0 aliphatic carbocycles. The van der Waals surface area contributed by atoms with Crippen molar-refractivity contribution in [3.63, 3.8) is 0 Å². The van der Waals surface area contributed by atoms with Crippen molar-refractivity contribution < 1.29 is 13.9 Å². The zero-order valence-corrected chi connectivity index (χ0v) is 15.5. The van der Waals surface area contributed by atoms with Crippen LogP contribution < -0.4 is 10.1 Å². The van der Waals surface area contributed by atoms with Gasteiger partial charge in [-0.3, -0.25) is 9.36 Å². The lowest BCUT2D eigenvalue weighted by atomic mass is 10.0. The second-order valence-electron chi connectivity index (χ2n) is 6.14. The summed E-state index contributed by atoms with van der Waals surface area (Å²) < 4.78 is 20.7. The van der Waals surface area contributed by atoms with Crippen LogP contribution >= 0.6 is 11.8 Å². The van der Waals surface area contributed by atoms with Crippen molar-refractivity contribution >= 4 is 17.7 Å². The normalized spacial score (nSPS) is 15.7.